The molecule has 2 aliphatic rings. The first-order valence-corrected chi connectivity index (χ1v) is 7.61. The van der Waals surface area contributed by atoms with Crippen LogP contribution in [0.5, 0.6) is 0 Å². The second kappa shape index (κ2) is 5.25. The van der Waals surface area contributed by atoms with Crippen molar-refractivity contribution in [2.24, 2.45) is 0 Å². The Labute approximate surface area is 100 Å². The highest BCUT2D eigenvalue weighted by Crippen LogP contribution is 2.38. The molecule has 0 radical (unpaired) electrons. The molecule has 2 atom stereocenters. The van der Waals surface area contributed by atoms with Crippen molar-refractivity contribution in [2.75, 3.05) is 47.3 Å². The van der Waals surface area contributed by atoms with Crippen LogP contribution in [0, 0.1) is 0 Å². The molecule has 2 aliphatic heterocycles. The van der Waals surface area contributed by atoms with Crippen molar-refractivity contribution in [3.63, 3.8) is 0 Å². The molecule has 6 heteroatoms. The zero-order chi connectivity index (χ0) is 10.8. The summed E-state index contributed by atoms with van der Waals surface area (Å²) in [6.45, 7) is 4.75. The van der Waals surface area contributed by atoms with Crippen molar-refractivity contribution in [2.45, 2.75) is 11.0 Å². The summed E-state index contributed by atoms with van der Waals surface area (Å²) in [7, 11) is 10.3. The summed E-state index contributed by atoms with van der Waals surface area (Å²) >= 11 is 0. The molecule has 4 nitrogen and oxygen atoms in total. The van der Waals surface area contributed by atoms with Crippen molar-refractivity contribution >= 4 is 21.6 Å². The lowest BCUT2D eigenvalue weighted by atomic mass is 10.3. The van der Waals surface area contributed by atoms with Gasteiger partial charge in [0.2, 0.25) is 0 Å². The summed E-state index contributed by atoms with van der Waals surface area (Å²) in [6, 6.07) is 0. The Hall–Kier alpha value is 0.540. The molecule has 2 rings (SSSR count). The van der Waals surface area contributed by atoms with E-state index in [1.165, 1.54) is 26.2 Å². The Kier molecular flexibility index (Phi) is 4.20. The van der Waals surface area contributed by atoms with Crippen LogP contribution in [-0.4, -0.2) is 73.0 Å². The van der Waals surface area contributed by atoms with E-state index in [1.54, 1.807) is 0 Å². The number of nitrogens with zero attached hydrogens (tertiary/aromatic N) is 3. The Morgan fingerprint density at radius 1 is 1.13 bits per heavy atom. The van der Waals surface area contributed by atoms with Crippen molar-refractivity contribution in [1.29, 1.82) is 0 Å². The average molecular weight is 248 g/mol. The molecule has 2 heterocycles. The molecule has 0 amide bonds. The zero-order valence-corrected chi connectivity index (χ0v) is 11.3. The van der Waals surface area contributed by atoms with Gasteiger partial charge in [-0.15, -0.1) is 0 Å². The number of nitrogens with one attached hydrogen (secondary N) is 1. The molecule has 0 aromatic rings. The molecule has 15 heavy (non-hydrogen) atoms. The van der Waals surface area contributed by atoms with Crippen LogP contribution in [0.15, 0.2) is 0 Å². The van der Waals surface area contributed by atoms with Gasteiger partial charge < -0.3 is 4.90 Å². The lowest BCUT2D eigenvalue weighted by Crippen LogP contribution is -2.53. The number of rotatable bonds is 2. The lowest BCUT2D eigenvalue weighted by molar-refractivity contribution is 0.124. The highest BCUT2D eigenvalue weighted by atomic mass is 33.1. The second-order valence-corrected chi connectivity index (χ2v) is 6.80. The van der Waals surface area contributed by atoms with Gasteiger partial charge in [0.25, 0.3) is 0 Å². The van der Waals surface area contributed by atoms with Crippen LogP contribution in [0.2, 0.25) is 0 Å². The minimum absolute atomic E-state index is 0.458. The molecule has 1 N–H and O–H groups in total. The van der Waals surface area contributed by atoms with Gasteiger partial charge in [-0.1, -0.05) is 21.6 Å². The van der Waals surface area contributed by atoms with Crippen LogP contribution in [0.4, 0.5) is 0 Å². The van der Waals surface area contributed by atoms with Gasteiger partial charge in [-0.25, -0.2) is 0 Å². The maximum Gasteiger partial charge on any atom is 0.120 e. The smallest absolute Gasteiger partial charge is 0.120 e. The molecule has 0 aromatic carbocycles. The molecule has 0 spiro atoms. The summed E-state index contributed by atoms with van der Waals surface area (Å²) in [5, 5.41) is 3.63. The van der Waals surface area contributed by atoms with Gasteiger partial charge in [0.05, 0.1) is 0 Å². The molecule has 2 unspecified atom stereocenters. The van der Waals surface area contributed by atoms with Crippen molar-refractivity contribution in [1.82, 2.24) is 20.0 Å². The first-order valence-electron chi connectivity index (χ1n) is 5.34. The number of likely N-dealkylation sites (N-methyl/N-ethyl adjacent to an activating group) is 1. The van der Waals surface area contributed by atoms with Gasteiger partial charge in [0.1, 0.15) is 11.0 Å². The van der Waals surface area contributed by atoms with Gasteiger partial charge in [0.15, 0.2) is 0 Å². The molecule has 0 bridgehead atoms. The van der Waals surface area contributed by atoms with Crippen molar-refractivity contribution < 1.29 is 0 Å². The highest BCUT2D eigenvalue weighted by molar-refractivity contribution is 8.77. The monoisotopic (exact) mass is 248 g/mol. The maximum absolute atomic E-state index is 3.63. The summed E-state index contributed by atoms with van der Waals surface area (Å²) in [6.07, 6.45) is 0. The van der Waals surface area contributed by atoms with Crippen LogP contribution in [-0.2, 0) is 0 Å². The van der Waals surface area contributed by atoms with Gasteiger partial charge in [-0.3, -0.25) is 15.1 Å². The first kappa shape index (κ1) is 12.0. The van der Waals surface area contributed by atoms with E-state index < -0.39 is 0 Å². The summed E-state index contributed by atoms with van der Waals surface area (Å²) < 4.78 is 0. The maximum atomic E-state index is 3.63. The van der Waals surface area contributed by atoms with E-state index in [0.29, 0.717) is 11.0 Å². The molecular weight excluding hydrogens is 228 g/mol. The first-order chi connectivity index (χ1) is 7.16. The number of hydrogen-bond donors (Lipinski definition) is 1. The third-order valence-corrected chi connectivity index (χ3v) is 5.76. The lowest BCUT2D eigenvalue weighted by Gasteiger charge is -2.35. The molecular formula is C9H20N4S2. The van der Waals surface area contributed by atoms with Gasteiger partial charge in [-0.2, -0.15) is 0 Å². The average Bonchev–Trinajstić information content (AvgIpc) is 2.68. The van der Waals surface area contributed by atoms with E-state index in [1.807, 2.05) is 21.6 Å². The van der Waals surface area contributed by atoms with E-state index in [0.717, 1.165) is 0 Å². The highest BCUT2D eigenvalue weighted by Gasteiger charge is 2.32. The van der Waals surface area contributed by atoms with Crippen LogP contribution in [0.3, 0.4) is 0 Å². The number of hydrogen-bond acceptors (Lipinski definition) is 6. The Bertz CT molecular complexity index is 206. The van der Waals surface area contributed by atoms with Gasteiger partial charge in [-0.05, 0) is 21.1 Å². The largest absolute Gasteiger partial charge is 0.304 e. The molecule has 0 aliphatic carbocycles. The van der Waals surface area contributed by atoms with E-state index in [-0.39, 0.29) is 0 Å². The minimum atomic E-state index is 0.458. The van der Waals surface area contributed by atoms with E-state index >= 15 is 0 Å². The Morgan fingerprint density at radius 2 is 1.80 bits per heavy atom. The number of piperazine rings is 1. The van der Waals surface area contributed by atoms with Crippen molar-refractivity contribution in [3.8, 4) is 0 Å². The standard InChI is InChI=1S/C9H20N4S2/c1-11(2)8-10-9(15-14-8)13-6-4-12(3)5-7-13/h8-10H,4-7H2,1-3H3. The summed E-state index contributed by atoms with van der Waals surface area (Å²) in [5.41, 5.74) is 0.954. The molecule has 2 saturated heterocycles. The third kappa shape index (κ3) is 3.01. The van der Waals surface area contributed by atoms with Gasteiger partial charge >= 0.3 is 0 Å². The predicted octanol–water partition coefficient (Wildman–Crippen LogP) is 0.347. The summed E-state index contributed by atoms with van der Waals surface area (Å²) in [5.74, 6) is 0. The Balaban J connectivity index is 1.80. The van der Waals surface area contributed by atoms with Crippen molar-refractivity contribution in [3.05, 3.63) is 0 Å². The van der Waals surface area contributed by atoms with Gasteiger partial charge in [0, 0.05) is 26.2 Å². The van der Waals surface area contributed by atoms with Crippen LogP contribution < -0.4 is 5.32 Å². The predicted molar refractivity (Wildman–Crippen MR) is 68.7 cm³/mol. The van der Waals surface area contributed by atoms with E-state index in [2.05, 4.69) is 41.2 Å². The Morgan fingerprint density at radius 3 is 2.33 bits per heavy atom. The fraction of sp³-hybridized carbons (Fsp3) is 1.00. The van der Waals surface area contributed by atoms with Crippen LogP contribution in [0.1, 0.15) is 0 Å². The van der Waals surface area contributed by atoms with Crippen LogP contribution in [0.25, 0.3) is 0 Å². The third-order valence-electron chi connectivity index (χ3n) is 2.86. The molecule has 88 valence electrons. The second-order valence-electron chi connectivity index (χ2n) is 4.37. The zero-order valence-electron chi connectivity index (χ0n) is 9.64. The summed E-state index contributed by atoms with van der Waals surface area (Å²) in [4.78, 5) is 7.17. The SMILES string of the molecule is CN1CCN(C2NC(N(C)C)SS2)CC1. The fourth-order valence-electron chi connectivity index (χ4n) is 1.74. The van der Waals surface area contributed by atoms with Crippen LogP contribution >= 0.6 is 21.6 Å². The van der Waals surface area contributed by atoms with E-state index in [4.69, 9.17) is 0 Å². The fourth-order valence-corrected chi connectivity index (χ4v) is 4.76. The van der Waals surface area contributed by atoms with E-state index in [9.17, 15) is 0 Å². The molecule has 0 aromatic heterocycles. The molecule has 2 fully saturated rings. The topological polar surface area (TPSA) is 21.8 Å². The minimum Gasteiger partial charge on any atom is -0.304 e. The quantitative estimate of drug-likeness (QED) is 0.707. The normalized spacial score (nSPS) is 35.2. The molecule has 0 saturated carbocycles.